The van der Waals surface area contributed by atoms with Gasteiger partial charge in [-0.25, -0.2) is 14.6 Å². The van der Waals surface area contributed by atoms with Gasteiger partial charge in [0.2, 0.25) is 0 Å². The number of fused-ring (bicyclic) bond motifs is 2. The lowest BCUT2D eigenvalue weighted by Gasteiger charge is -2.52. The van der Waals surface area contributed by atoms with E-state index in [0.717, 1.165) is 17.7 Å². The Bertz CT molecular complexity index is 808. The molecule has 1 spiro atoms. The quantitative estimate of drug-likeness (QED) is 0.546. The maximum Gasteiger partial charge on any atom is 0.365 e. The second-order valence-corrected chi connectivity index (χ2v) is 7.72. The summed E-state index contributed by atoms with van der Waals surface area (Å²) in [7, 11) is 2.74. The Morgan fingerprint density at radius 1 is 1.29 bits per heavy atom. The molecule has 0 saturated heterocycles. The van der Waals surface area contributed by atoms with E-state index in [1.54, 1.807) is 12.2 Å². The van der Waals surface area contributed by atoms with Gasteiger partial charge in [-0.15, -0.1) is 0 Å². The number of allylic oxidation sites excluding steroid dienone is 2. The third-order valence-corrected chi connectivity index (χ3v) is 6.20. The van der Waals surface area contributed by atoms with Crippen molar-refractivity contribution in [3.8, 4) is 0 Å². The minimum Gasteiger partial charge on any atom is -0.466 e. The fraction of sp³-hybridized carbons (Fsp3) is 0.591. The summed E-state index contributed by atoms with van der Waals surface area (Å²) in [5.41, 5.74) is 0.149. The molecule has 0 fully saturated rings. The molecule has 1 unspecified atom stereocenters. The molecule has 0 aromatic heterocycles. The molecule has 0 N–H and O–H groups in total. The van der Waals surface area contributed by atoms with Crippen LogP contribution in [0.4, 0.5) is 0 Å². The van der Waals surface area contributed by atoms with Crippen LogP contribution in [0, 0.1) is 17.8 Å². The van der Waals surface area contributed by atoms with E-state index in [-0.39, 0.29) is 23.7 Å². The largest absolute Gasteiger partial charge is 0.466 e. The van der Waals surface area contributed by atoms with E-state index >= 15 is 0 Å². The maximum absolute atomic E-state index is 12.8. The van der Waals surface area contributed by atoms with Gasteiger partial charge in [-0.05, 0) is 31.8 Å². The second-order valence-electron chi connectivity index (χ2n) is 7.72. The van der Waals surface area contributed by atoms with E-state index in [9.17, 15) is 9.59 Å². The van der Waals surface area contributed by atoms with Gasteiger partial charge in [0.15, 0.2) is 0 Å². The van der Waals surface area contributed by atoms with Crippen LogP contribution >= 0.6 is 0 Å². The van der Waals surface area contributed by atoms with Crippen LogP contribution in [-0.4, -0.2) is 43.2 Å². The predicted octanol–water partition coefficient (Wildman–Crippen LogP) is 3.38. The molecule has 3 aliphatic carbocycles. The van der Waals surface area contributed by atoms with Crippen LogP contribution < -0.4 is 0 Å². The Morgan fingerprint density at radius 3 is 2.57 bits per heavy atom. The maximum atomic E-state index is 12.8. The summed E-state index contributed by atoms with van der Waals surface area (Å²) in [6.45, 7) is 7.97. The van der Waals surface area contributed by atoms with Crippen molar-refractivity contribution >= 4 is 17.7 Å². The molecule has 0 amide bonds. The molecule has 0 radical (unpaired) electrons. The summed E-state index contributed by atoms with van der Waals surface area (Å²) in [6.07, 6.45) is 8.82. The third-order valence-electron chi connectivity index (χ3n) is 6.20. The van der Waals surface area contributed by atoms with Crippen molar-refractivity contribution in [3.05, 3.63) is 35.5 Å². The number of carbonyl (C=O) groups excluding carboxylic acids is 2. The standard InChI is InChI=1S/C22H29NO5/c1-7-9-21(20(25)27-6)23-18(8-2)17-12-15-10-13(3)22(17,28-21)14(4)11-16(15)19(24)26-5/h7,9,11-15H,8,10H2,1-6H3/b9-7-/t13-,14?,15-,21-,22+/m0/s1. The number of ether oxygens (including phenoxy) is 3. The molecule has 2 bridgehead atoms. The van der Waals surface area contributed by atoms with Crippen molar-refractivity contribution in [1.82, 2.24) is 0 Å². The predicted molar refractivity (Wildman–Crippen MR) is 106 cm³/mol. The second kappa shape index (κ2) is 7.32. The first kappa shape index (κ1) is 20.5. The first-order valence-corrected chi connectivity index (χ1v) is 9.83. The van der Waals surface area contributed by atoms with E-state index in [2.05, 4.69) is 13.0 Å². The highest BCUT2D eigenvalue weighted by Crippen LogP contribution is 2.54. The van der Waals surface area contributed by atoms with Gasteiger partial charge < -0.3 is 14.2 Å². The van der Waals surface area contributed by atoms with Gasteiger partial charge in [-0.3, -0.25) is 0 Å². The zero-order valence-electron chi connectivity index (χ0n) is 17.4. The molecule has 0 aromatic rings. The molecule has 0 saturated carbocycles. The van der Waals surface area contributed by atoms with Gasteiger partial charge >= 0.3 is 11.9 Å². The Kier molecular flexibility index (Phi) is 5.36. The molecule has 6 nitrogen and oxygen atoms in total. The first-order chi connectivity index (χ1) is 13.3. The Labute approximate surface area is 166 Å². The monoisotopic (exact) mass is 387 g/mol. The lowest BCUT2D eigenvalue weighted by Crippen LogP contribution is -2.60. The van der Waals surface area contributed by atoms with Crippen LogP contribution in [0.3, 0.4) is 0 Å². The number of aliphatic imine (C=N–C) groups is 1. The van der Waals surface area contributed by atoms with Crippen LogP contribution in [0.25, 0.3) is 0 Å². The van der Waals surface area contributed by atoms with E-state index in [0.29, 0.717) is 12.0 Å². The molecule has 5 atom stereocenters. The number of rotatable bonds is 4. The summed E-state index contributed by atoms with van der Waals surface area (Å²) < 4.78 is 16.7. The lowest BCUT2D eigenvalue weighted by atomic mass is 9.65. The molecule has 4 rings (SSSR count). The van der Waals surface area contributed by atoms with E-state index < -0.39 is 17.3 Å². The average Bonchev–Trinajstić information content (AvgIpc) is 2.87. The van der Waals surface area contributed by atoms with Crippen LogP contribution in [0.1, 0.15) is 40.5 Å². The Morgan fingerprint density at radius 2 is 2.00 bits per heavy atom. The number of hydrogen-bond donors (Lipinski definition) is 0. The van der Waals surface area contributed by atoms with Gasteiger partial charge in [0.25, 0.3) is 5.72 Å². The summed E-state index contributed by atoms with van der Waals surface area (Å²) in [5.74, 6) is -1.01. The summed E-state index contributed by atoms with van der Waals surface area (Å²) >= 11 is 0. The average molecular weight is 387 g/mol. The molecule has 1 aliphatic heterocycles. The van der Waals surface area contributed by atoms with Crippen molar-refractivity contribution in [2.45, 2.75) is 51.9 Å². The highest BCUT2D eigenvalue weighted by atomic mass is 16.6. The topological polar surface area (TPSA) is 74.2 Å². The summed E-state index contributed by atoms with van der Waals surface area (Å²) in [6, 6.07) is 0. The van der Waals surface area contributed by atoms with Gasteiger partial charge in [-0.2, -0.15) is 0 Å². The van der Waals surface area contributed by atoms with Gasteiger partial charge in [-0.1, -0.05) is 39.0 Å². The van der Waals surface area contributed by atoms with Gasteiger partial charge in [0.1, 0.15) is 5.60 Å². The number of esters is 2. The minimum absolute atomic E-state index is 0.0526. The zero-order chi connectivity index (χ0) is 20.7. The number of carbonyl (C=O) groups is 2. The fourth-order valence-electron chi connectivity index (χ4n) is 4.97. The van der Waals surface area contributed by atoms with Crippen LogP contribution in [-0.2, 0) is 23.8 Å². The molecule has 6 heteroatoms. The van der Waals surface area contributed by atoms with Crippen LogP contribution in [0.2, 0.25) is 0 Å². The van der Waals surface area contributed by atoms with Gasteiger partial charge in [0, 0.05) is 28.7 Å². The lowest BCUT2D eigenvalue weighted by molar-refractivity contribution is -0.193. The fourth-order valence-corrected chi connectivity index (χ4v) is 4.97. The van der Waals surface area contributed by atoms with Crippen molar-refractivity contribution in [1.29, 1.82) is 0 Å². The van der Waals surface area contributed by atoms with Crippen LogP contribution in [0.15, 0.2) is 40.4 Å². The number of nitrogens with zero attached hydrogens (tertiary/aromatic N) is 1. The summed E-state index contributed by atoms with van der Waals surface area (Å²) in [4.78, 5) is 29.9. The first-order valence-electron chi connectivity index (χ1n) is 9.83. The third kappa shape index (κ3) is 2.77. The van der Waals surface area contributed by atoms with E-state index in [1.807, 2.05) is 26.8 Å². The molecule has 0 aromatic carbocycles. The van der Waals surface area contributed by atoms with Crippen molar-refractivity contribution in [3.63, 3.8) is 0 Å². The van der Waals surface area contributed by atoms with E-state index in [4.69, 9.17) is 19.2 Å². The van der Waals surface area contributed by atoms with E-state index in [1.165, 1.54) is 14.2 Å². The zero-order valence-corrected chi connectivity index (χ0v) is 17.4. The van der Waals surface area contributed by atoms with Crippen molar-refractivity contribution in [2.75, 3.05) is 14.2 Å². The number of hydrogen-bond acceptors (Lipinski definition) is 6. The Balaban J connectivity index is 2.28. The molecule has 4 aliphatic rings. The van der Waals surface area contributed by atoms with Gasteiger partial charge in [0.05, 0.1) is 14.2 Å². The smallest absolute Gasteiger partial charge is 0.365 e. The molecule has 152 valence electrons. The molecular weight excluding hydrogens is 358 g/mol. The molecular formula is C22H29NO5. The molecule has 28 heavy (non-hydrogen) atoms. The highest BCUT2D eigenvalue weighted by molar-refractivity contribution is 6.05. The normalized spacial score (nSPS) is 36.8. The minimum atomic E-state index is -1.52. The highest BCUT2D eigenvalue weighted by Gasteiger charge is 2.60. The van der Waals surface area contributed by atoms with Crippen molar-refractivity contribution < 1.29 is 23.8 Å². The summed E-state index contributed by atoms with van der Waals surface area (Å²) in [5, 5.41) is 0. The molecule has 1 heterocycles. The Hall–Kier alpha value is -2.21. The van der Waals surface area contributed by atoms with Crippen LogP contribution in [0.5, 0.6) is 0 Å². The SMILES string of the molecule is C/C=C\[C@]1(C(=O)OC)N=C(CC)C2=C[C@@H]3C[C@H](C)[C@@]2(O1)C(C)C=C3C(=O)OC. The van der Waals surface area contributed by atoms with Crippen molar-refractivity contribution in [2.24, 2.45) is 22.7 Å². The number of methoxy groups -OCH3 is 2.